The zero-order chi connectivity index (χ0) is 29.1. The molecular weight excluding hydrogens is 570 g/mol. The van der Waals surface area contributed by atoms with E-state index in [1.54, 1.807) is 24.0 Å². The zero-order valence-electron chi connectivity index (χ0n) is 23.4. The Kier molecular flexibility index (Phi) is 10.0. The fourth-order valence-corrected chi connectivity index (χ4v) is 6.97. The Balaban J connectivity index is 1.89. The number of esters is 1. The molecule has 10 nitrogen and oxygen atoms in total. The number of hydrogen-bond donors (Lipinski definition) is 2. The Morgan fingerprint density at radius 2 is 2.03 bits per heavy atom. The van der Waals surface area contributed by atoms with Crippen LogP contribution in [0, 0.1) is 11.8 Å². The van der Waals surface area contributed by atoms with Gasteiger partial charge in [0.15, 0.2) is 0 Å². The Morgan fingerprint density at radius 1 is 1.33 bits per heavy atom. The van der Waals surface area contributed by atoms with Crippen molar-refractivity contribution in [2.45, 2.75) is 87.6 Å². The number of carbonyl (C=O) groups is 4. The molecule has 3 saturated heterocycles. The van der Waals surface area contributed by atoms with Crippen LogP contribution < -0.4 is 5.32 Å². The molecule has 0 aromatic heterocycles. The molecule has 0 radical (unpaired) electrons. The Bertz CT molecular complexity index is 983. The van der Waals surface area contributed by atoms with Gasteiger partial charge in [0, 0.05) is 36.5 Å². The zero-order valence-corrected chi connectivity index (χ0v) is 24.9. The molecule has 1 spiro atoms. The van der Waals surface area contributed by atoms with Gasteiger partial charge in [-0.2, -0.15) is 0 Å². The highest BCUT2D eigenvalue weighted by molar-refractivity contribution is 9.09. The number of aliphatic hydroxyl groups excluding tert-OH is 1. The van der Waals surface area contributed by atoms with Crippen LogP contribution in [0.15, 0.2) is 25.3 Å². The number of nitrogens with one attached hydrogen (secondary N) is 1. The van der Waals surface area contributed by atoms with Crippen LogP contribution >= 0.6 is 15.9 Å². The van der Waals surface area contributed by atoms with Crippen LogP contribution in [0.1, 0.15) is 53.4 Å². The molecule has 218 valence electrons. The van der Waals surface area contributed by atoms with Crippen LogP contribution in [0.2, 0.25) is 0 Å². The minimum atomic E-state index is -1.21. The van der Waals surface area contributed by atoms with Crippen LogP contribution in [0.3, 0.4) is 0 Å². The van der Waals surface area contributed by atoms with Crippen LogP contribution in [0.4, 0.5) is 0 Å². The summed E-state index contributed by atoms with van der Waals surface area (Å²) >= 11 is 3.64. The van der Waals surface area contributed by atoms with E-state index >= 15 is 0 Å². The lowest BCUT2D eigenvalue weighted by Crippen LogP contribution is -2.60. The lowest BCUT2D eigenvalue weighted by molar-refractivity contribution is -0.159. The van der Waals surface area contributed by atoms with Crippen LogP contribution in [-0.2, 0) is 28.7 Å². The average molecular weight is 613 g/mol. The van der Waals surface area contributed by atoms with Crippen LogP contribution in [0.5, 0.6) is 0 Å². The molecule has 3 fully saturated rings. The maximum Gasteiger partial charge on any atom is 0.312 e. The number of halogens is 1. The number of allylic oxidation sites excluding steroid dienone is 1. The number of likely N-dealkylation sites (tertiary alicyclic amines) is 1. The van der Waals surface area contributed by atoms with Gasteiger partial charge in [-0.05, 0) is 47.0 Å². The van der Waals surface area contributed by atoms with Gasteiger partial charge in [0.25, 0.3) is 0 Å². The highest BCUT2D eigenvalue weighted by Gasteiger charge is 2.77. The van der Waals surface area contributed by atoms with Crippen molar-refractivity contribution in [3.05, 3.63) is 25.3 Å². The molecule has 0 aliphatic carbocycles. The van der Waals surface area contributed by atoms with Crippen molar-refractivity contribution in [1.29, 1.82) is 0 Å². The van der Waals surface area contributed by atoms with Crippen LogP contribution in [0.25, 0.3) is 0 Å². The van der Waals surface area contributed by atoms with E-state index in [2.05, 4.69) is 34.4 Å². The molecule has 39 heavy (non-hydrogen) atoms. The van der Waals surface area contributed by atoms with Crippen molar-refractivity contribution >= 4 is 39.6 Å². The highest BCUT2D eigenvalue weighted by atomic mass is 79.9. The van der Waals surface area contributed by atoms with Gasteiger partial charge >= 0.3 is 5.97 Å². The normalized spacial score (nSPS) is 30.1. The monoisotopic (exact) mass is 611 g/mol. The second-order valence-electron chi connectivity index (χ2n) is 11.6. The fourth-order valence-electron chi connectivity index (χ4n) is 6.03. The lowest BCUT2D eigenvalue weighted by Gasteiger charge is -2.42. The van der Waals surface area contributed by atoms with E-state index in [-0.39, 0.29) is 55.2 Å². The summed E-state index contributed by atoms with van der Waals surface area (Å²) < 4.78 is 12.2. The molecule has 2 N–H and O–H groups in total. The first-order valence-corrected chi connectivity index (χ1v) is 14.5. The van der Waals surface area contributed by atoms with Crippen molar-refractivity contribution in [2.75, 3.05) is 26.2 Å². The smallest absolute Gasteiger partial charge is 0.312 e. The van der Waals surface area contributed by atoms with E-state index in [0.717, 1.165) is 0 Å². The summed E-state index contributed by atoms with van der Waals surface area (Å²) in [5.41, 5.74) is -1.76. The maximum atomic E-state index is 14.2. The molecule has 7 atom stereocenters. The van der Waals surface area contributed by atoms with Gasteiger partial charge in [-0.15, -0.1) is 13.2 Å². The van der Waals surface area contributed by atoms with Crippen molar-refractivity contribution in [3.63, 3.8) is 0 Å². The molecule has 3 amide bonds. The van der Waals surface area contributed by atoms with E-state index in [4.69, 9.17) is 9.47 Å². The van der Waals surface area contributed by atoms with Crippen molar-refractivity contribution in [2.24, 2.45) is 11.8 Å². The first kappa shape index (κ1) is 31.3. The summed E-state index contributed by atoms with van der Waals surface area (Å²) in [7, 11) is 0. The Labute approximate surface area is 239 Å². The standard InChI is InChI=1S/C28H42BrN3O7/c1-7-9-11-19(34)30-16-17(3)38-26(37)20-21-24(35)31(13-10-14-33)23(28(21)15-18(29)22(20)39-28)25(36)32(12-8-2)27(4,5)6/h7-8,17-18,20-23,33H,1-2,9-16H2,3-6H3,(H,30,34)/t17-,18?,20+,21-,22+,23+,28-/m1/s1. The quantitative estimate of drug-likeness (QED) is 0.185. The summed E-state index contributed by atoms with van der Waals surface area (Å²) in [6, 6.07) is -0.954. The van der Waals surface area contributed by atoms with E-state index in [0.29, 0.717) is 19.3 Å². The number of hydrogen-bond acceptors (Lipinski definition) is 7. The number of fused-ring (bicyclic) bond motifs is 1. The minimum absolute atomic E-state index is 0.132. The number of nitrogens with zero attached hydrogens (tertiary/aromatic N) is 2. The molecule has 0 saturated carbocycles. The number of amides is 3. The van der Waals surface area contributed by atoms with Crippen molar-refractivity contribution < 1.29 is 33.8 Å². The topological polar surface area (TPSA) is 125 Å². The fraction of sp³-hybridized carbons (Fsp3) is 0.714. The van der Waals surface area contributed by atoms with Gasteiger partial charge in [-0.1, -0.05) is 28.1 Å². The van der Waals surface area contributed by atoms with E-state index < -0.39 is 47.2 Å². The number of aliphatic hydroxyl groups is 1. The van der Waals surface area contributed by atoms with Gasteiger partial charge in [0.2, 0.25) is 17.7 Å². The predicted octanol–water partition coefficient (Wildman–Crippen LogP) is 1.94. The number of rotatable bonds is 13. The Morgan fingerprint density at radius 3 is 2.62 bits per heavy atom. The first-order chi connectivity index (χ1) is 18.3. The number of ether oxygens (including phenoxy) is 2. The largest absolute Gasteiger partial charge is 0.460 e. The molecule has 1 unspecified atom stereocenters. The maximum absolute atomic E-state index is 14.2. The molecule has 11 heteroatoms. The third kappa shape index (κ3) is 6.10. The van der Waals surface area contributed by atoms with E-state index in [1.807, 2.05) is 20.8 Å². The second-order valence-corrected chi connectivity index (χ2v) is 12.7. The van der Waals surface area contributed by atoms with Gasteiger partial charge in [-0.25, -0.2) is 0 Å². The summed E-state index contributed by atoms with van der Waals surface area (Å²) in [6.07, 6.45) is 3.54. The molecule has 3 aliphatic heterocycles. The molecule has 3 rings (SSSR count). The highest BCUT2D eigenvalue weighted by Crippen LogP contribution is 2.60. The van der Waals surface area contributed by atoms with E-state index in [1.165, 1.54) is 4.90 Å². The van der Waals surface area contributed by atoms with Gasteiger partial charge in [-0.3, -0.25) is 19.2 Å². The first-order valence-electron chi connectivity index (χ1n) is 13.6. The van der Waals surface area contributed by atoms with E-state index in [9.17, 15) is 24.3 Å². The SMILES string of the molecule is C=CCCC(=O)NC[C@@H](C)OC(=O)[C@@H]1[C@H]2O[C@@]3(CC2Br)[C@H](C(=O)N(CC=C)C(C)(C)C)N(CCCO)C(=O)[C@@H]13. The average Bonchev–Trinajstić information content (AvgIpc) is 3.45. The van der Waals surface area contributed by atoms with Crippen molar-refractivity contribution in [3.8, 4) is 0 Å². The third-order valence-corrected chi connectivity index (χ3v) is 8.56. The van der Waals surface area contributed by atoms with Crippen LogP contribution in [-0.4, -0.2) is 99.1 Å². The van der Waals surface area contributed by atoms with Gasteiger partial charge in [0.1, 0.15) is 17.7 Å². The number of carbonyl (C=O) groups excluding carboxylic acids is 4. The predicted molar refractivity (Wildman–Crippen MR) is 149 cm³/mol. The molecule has 0 aromatic carbocycles. The Hall–Kier alpha value is -2.24. The lowest BCUT2D eigenvalue weighted by atomic mass is 9.70. The summed E-state index contributed by atoms with van der Waals surface area (Å²) in [4.78, 5) is 56.5. The number of alkyl halides is 1. The molecule has 2 bridgehead atoms. The van der Waals surface area contributed by atoms with Gasteiger partial charge < -0.3 is 29.7 Å². The molecule has 0 aromatic rings. The summed E-state index contributed by atoms with van der Waals surface area (Å²) in [5.74, 6) is -3.19. The molecular formula is C28H42BrN3O7. The minimum Gasteiger partial charge on any atom is -0.460 e. The summed E-state index contributed by atoms with van der Waals surface area (Å²) in [6.45, 7) is 15.2. The molecule has 3 aliphatic rings. The van der Waals surface area contributed by atoms with Crippen molar-refractivity contribution in [1.82, 2.24) is 15.1 Å². The second kappa shape index (κ2) is 12.5. The third-order valence-electron chi connectivity index (χ3n) is 7.72. The summed E-state index contributed by atoms with van der Waals surface area (Å²) in [5, 5.41) is 12.3. The van der Waals surface area contributed by atoms with Gasteiger partial charge in [0.05, 0.1) is 24.5 Å². The molecule has 3 heterocycles.